The Labute approximate surface area is 125 Å². The lowest BCUT2D eigenvalue weighted by Crippen LogP contribution is -2.15. The van der Waals surface area contributed by atoms with Crippen LogP contribution in [0.5, 0.6) is 0 Å². The van der Waals surface area contributed by atoms with E-state index < -0.39 is 7.60 Å². The van der Waals surface area contributed by atoms with Gasteiger partial charge in [0.25, 0.3) is 0 Å². The van der Waals surface area contributed by atoms with E-state index in [1.807, 2.05) is 0 Å². The van der Waals surface area contributed by atoms with Gasteiger partial charge in [0.15, 0.2) is 5.78 Å². The van der Waals surface area contributed by atoms with Gasteiger partial charge < -0.3 is 9.05 Å². The molecule has 112 valence electrons. The second kappa shape index (κ2) is 7.37. The highest BCUT2D eigenvalue weighted by molar-refractivity contribution is 7.55. The molecule has 0 aliphatic heterocycles. The van der Waals surface area contributed by atoms with Gasteiger partial charge in [-0.2, -0.15) is 0 Å². The van der Waals surface area contributed by atoms with E-state index in [0.717, 1.165) is 0 Å². The van der Waals surface area contributed by atoms with E-state index in [4.69, 9.17) is 20.6 Å². The van der Waals surface area contributed by atoms with Gasteiger partial charge >= 0.3 is 7.60 Å². The largest absolute Gasteiger partial charge is 0.338 e. The summed E-state index contributed by atoms with van der Waals surface area (Å²) in [6.07, 6.45) is -0.833. The molecule has 0 fully saturated rings. The summed E-state index contributed by atoms with van der Waals surface area (Å²) in [6, 6.07) is 6.43. The monoisotopic (exact) mass is 318 g/mol. The normalized spacial score (nSPS) is 12.2. The molecule has 1 aromatic carbocycles. The molecule has 0 aliphatic carbocycles. The highest BCUT2D eigenvalue weighted by atomic mass is 35.5. The Bertz CT molecular complexity index is 482. The van der Waals surface area contributed by atoms with E-state index in [2.05, 4.69) is 0 Å². The topological polar surface area (TPSA) is 52.6 Å². The van der Waals surface area contributed by atoms with Crippen molar-refractivity contribution in [2.75, 3.05) is 6.16 Å². The zero-order valence-electron chi connectivity index (χ0n) is 12.1. The van der Waals surface area contributed by atoms with Crippen LogP contribution in [0.1, 0.15) is 38.1 Å². The lowest BCUT2D eigenvalue weighted by Gasteiger charge is -2.22. The first-order chi connectivity index (χ1) is 9.22. The number of benzene rings is 1. The summed E-state index contributed by atoms with van der Waals surface area (Å²) in [5.74, 6) is -0.286. The summed E-state index contributed by atoms with van der Waals surface area (Å²) >= 11 is 5.77. The third kappa shape index (κ3) is 5.76. The molecule has 0 N–H and O–H groups in total. The molecule has 0 atom stereocenters. The number of rotatable bonds is 7. The van der Waals surface area contributed by atoms with E-state index in [0.29, 0.717) is 10.6 Å². The van der Waals surface area contributed by atoms with Gasteiger partial charge in [0.1, 0.15) is 6.16 Å². The lowest BCUT2D eigenvalue weighted by atomic mass is 10.1. The minimum atomic E-state index is -3.45. The van der Waals surface area contributed by atoms with E-state index in [-0.39, 0.29) is 24.2 Å². The Morgan fingerprint density at radius 1 is 1.10 bits per heavy atom. The number of ketones is 1. The number of hydrogen-bond acceptors (Lipinski definition) is 4. The van der Waals surface area contributed by atoms with Crippen molar-refractivity contribution in [1.29, 1.82) is 0 Å². The van der Waals surface area contributed by atoms with Gasteiger partial charge in [-0.3, -0.25) is 9.36 Å². The number of hydrogen-bond donors (Lipinski definition) is 0. The van der Waals surface area contributed by atoms with Gasteiger partial charge in [-0.1, -0.05) is 11.6 Å². The summed E-state index contributed by atoms with van der Waals surface area (Å²) in [6.45, 7) is 7.01. The second-order valence-corrected chi connectivity index (χ2v) is 7.40. The lowest BCUT2D eigenvalue weighted by molar-refractivity contribution is 0.0988. The molecule has 0 radical (unpaired) electrons. The molecule has 0 amide bonds. The maximum absolute atomic E-state index is 12.6. The maximum atomic E-state index is 12.6. The van der Waals surface area contributed by atoms with Crippen LogP contribution in [-0.4, -0.2) is 24.2 Å². The molecular weight excluding hydrogens is 299 g/mol. The minimum Gasteiger partial charge on any atom is -0.305 e. The summed E-state index contributed by atoms with van der Waals surface area (Å²) in [5.41, 5.74) is 0.439. The van der Waals surface area contributed by atoms with Crippen molar-refractivity contribution in [3.63, 3.8) is 0 Å². The average molecular weight is 319 g/mol. The van der Waals surface area contributed by atoms with E-state index >= 15 is 0 Å². The van der Waals surface area contributed by atoms with Crippen LogP contribution in [0.15, 0.2) is 24.3 Å². The van der Waals surface area contributed by atoms with Crippen LogP contribution in [0, 0.1) is 0 Å². The summed E-state index contributed by atoms with van der Waals surface area (Å²) in [4.78, 5) is 12.2. The van der Waals surface area contributed by atoms with Crippen molar-refractivity contribution in [2.24, 2.45) is 0 Å². The smallest absolute Gasteiger partial charge is 0.305 e. The standard InChI is InChI=1S/C14H20ClO4P/c1-10(2)18-20(17,19-11(3)4)9-14(16)12-5-7-13(15)8-6-12/h5-8,10-11H,9H2,1-4H3. The number of carbonyl (C=O) groups excluding carboxylic acids is 1. The maximum Gasteiger partial charge on any atom is 0.338 e. The molecule has 4 nitrogen and oxygen atoms in total. The number of halogens is 1. The molecule has 0 saturated carbocycles. The Kier molecular flexibility index (Phi) is 6.41. The fraction of sp³-hybridized carbons (Fsp3) is 0.500. The summed E-state index contributed by atoms with van der Waals surface area (Å²) < 4.78 is 23.3. The van der Waals surface area contributed by atoms with Gasteiger partial charge in [0.2, 0.25) is 0 Å². The van der Waals surface area contributed by atoms with Crippen molar-refractivity contribution >= 4 is 25.0 Å². The molecular formula is C14H20ClO4P. The second-order valence-electron chi connectivity index (χ2n) is 5.01. The zero-order chi connectivity index (χ0) is 15.3. The molecule has 0 spiro atoms. The zero-order valence-corrected chi connectivity index (χ0v) is 13.8. The molecule has 1 rings (SSSR count). The summed E-state index contributed by atoms with van der Waals surface area (Å²) in [5, 5.41) is 0.543. The molecule has 1 aromatic rings. The highest BCUT2D eigenvalue weighted by Crippen LogP contribution is 2.50. The van der Waals surface area contributed by atoms with E-state index in [1.54, 1.807) is 52.0 Å². The van der Waals surface area contributed by atoms with Crippen molar-refractivity contribution < 1.29 is 18.4 Å². The Morgan fingerprint density at radius 2 is 1.55 bits per heavy atom. The predicted molar refractivity (Wildman–Crippen MR) is 80.7 cm³/mol. The Morgan fingerprint density at radius 3 is 1.95 bits per heavy atom. The molecule has 0 unspecified atom stereocenters. The van der Waals surface area contributed by atoms with E-state index in [1.165, 1.54) is 0 Å². The first-order valence-corrected chi connectivity index (χ1v) is 8.57. The van der Waals surface area contributed by atoms with Crippen LogP contribution in [0.3, 0.4) is 0 Å². The van der Waals surface area contributed by atoms with Crippen LogP contribution >= 0.6 is 19.2 Å². The fourth-order valence-electron chi connectivity index (χ4n) is 1.64. The minimum absolute atomic E-state index is 0.273. The molecule has 0 aliphatic rings. The first-order valence-electron chi connectivity index (χ1n) is 6.46. The van der Waals surface area contributed by atoms with Crippen LogP contribution in [0.4, 0.5) is 0 Å². The predicted octanol–water partition coefficient (Wildman–Crippen LogP) is 4.57. The van der Waals surface area contributed by atoms with Crippen molar-refractivity contribution in [1.82, 2.24) is 0 Å². The van der Waals surface area contributed by atoms with Gasteiger partial charge in [-0.25, -0.2) is 0 Å². The first kappa shape index (κ1) is 17.4. The van der Waals surface area contributed by atoms with Crippen LogP contribution in [-0.2, 0) is 13.6 Å². The summed E-state index contributed by atoms with van der Waals surface area (Å²) in [7, 11) is -3.45. The van der Waals surface area contributed by atoms with Crippen molar-refractivity contribution in [2.45, 2.75) is 39.9 Å². The Hall–Kier alpha value is -0.670. The van der Waals surface area contributed by atoms with Crippen LogP contribution < -0.4 is 0 Å². The molecule has 0 aromatic heterocycles. The molecule has 0 bridgehead atoms. The average Bonchev–Trinajstić information content (AvgIpc) is 2.26. The Balaban J connectivity index is 2.86. The number of Topliss-reactive ketones (excluding diaryl/α,β-unsaturated/α-hetero) is 1. The van der Waals surface area contributed by atoms with Gasteiger partial charge in [-0.15, -0.1) is 0 Å². The molecule has 0 saturated heterocycles. The van der Waals surface area contributed by atoms with Gasteiger partial charge in [0, 0.05) is 10.6 Å². The van der Waals surface area contributed by atoms with Gasteiger partial charge in [0.05, 0.1) is 12.2 Å². The van der Waals surface area contributed by atoms with Crippen LogP contribution in [0.2, 0.25) is 5.02 Å². The molecule has 0 heterocycles. The van der Waals surface area contributed by atoms with Gasteiger partial charge in [-0.05, 0) is 52.0 Å². The van der Waals surface area contributed by atoms with Crippen molar-refractivity contribution in [3.8, 4) is 0 Å². The molecule has 20 heavy (non-hydrogen) atoms. The number of carbonyl (C=O) groups is 1. The van der Waals surface area contributed by atoms with Crippen molar-refractivity contribution in [3.05, 3.63) is 34.9 Å². The third-order valence-electron chi connectivity index (χ3n) is 2.25. The SMILES string of the molecule is CC(C)OP(=O)(CC(=O)c1ccc(Cl)cc1)OC(C)C. The third-order valence-corrected chi connectivity index (χ3v) is 4.66. The van der Waals surface area contributed by atoms with Crippen LogP contribution in [0.25, 0.3) is 0 Å². The highest BCUT2D eigenvalue weighted by Gasteiger charge is 2.31. The molecule has 6 heteroatoms. The quantitative estimate of drug-likeness (QED) is 0.546. The fourth-order valence-corrected chi connectivity index (χ4v) is 3.79. The van der Waals surface area contributed by atoms with E-state index in [9.17, 15) is 9.36 Å².